The molecule has 2 nitrogen and oxygen atoms in total. The van der Waals surface area contributed by atoms with Crippen LogP contribution >= 0.6 is 22.2 Å². The van der Waals surface area contributed by atoms with E-state index in [9.17, 15) is 70.2 Å². The summed E-state index contributed by atoms with van der Waals surface area (Å²) in [4.78, 5) is 0. The van der Waals surface area contributed by atoms with Gasteiger partial charge in [-0.1, -0.05) is 22.2 Å². The first-order valence-electron chi connectivity index (χ1n) is 6.79. The fourth-order valence-electron chi connectivity index (χ4n) is 1.33. The van der Waals surface area contributed by atoms with Gasteiger partial charge in [0.1, 0.15) is 13.2 Å². The highest BCUT2D eigenvalue weighted by Crippen LogP contribution is 2.50. The SMILES string of the molecule is FC(F)C(F)(F)C(F)(F)C(F)(F)CO[Si](Cl)(Cl)OCC(F)(F)C(F)(F)C(F)(F)C(F)F. The third kappa shape index (κ3) is 5.94. The summed E-state index contributed by atoms with van der Waals surface area (Å²) in [6.07, 6.45) is -10.7. The predicted octanol–water partition coefficient (Wildman–Crippen LogP) is 6.27. The largest absolute Gasteiger partial charge is 0.551 e. The van der Waals surface area contributed by atoms with Crippen molar-refractivity contribution in [2.24, 2.45) is 0 Å². The van der Waals surface area contributed by atoms with E-state index in [-0.39, 0.29) is 0 Å². The zero-order valence-corrected chi connectivity index (χ0v) is 16.2. The Morgan fingerprint density at radius 1 is 0.548 bits per heavy atom. The maximum Gasteiger partial charge on any atom is 0.551 e. The van der Waals surface area contributed by atoms with E-state index in [1.807, 2.05) is 0 Å². The molecule has 0 aliphatic rings. The van der Waals surface area contributed by atoms with Crippen LogP contribution in [-0.4, -0.2) is 68.8 Å². The summed E-state index contributed by atoms with van der Waals surface area (Å²) < 4.78 is 210. The molecule has 0 spiro atoms. The minimum Gasteiger partial charge on any atom is -0.365 e. The second-order valence-corrected chi connectivity index (χ2v) is 10.5. The van der Waals surface area contributed by atoms with Crippen molar-refractivity contribution in [2.75, 3.05) is 13.2 Å². The highest BCUT2D eigenvalue weighted by molar-refractivity contribution is 7.39. The van der Waals surface area contributed by atoms with Gasteiger partial charge < -0.3 is 8.85 Å². The normalized spacial score (nSPS) is 15.9. The Balaban J connectivity index is 5.38. The molecule has 0 rings (SSSR count). The molecule has 0 N–H and O–H groups in total. The van der Waals surface area contributed by atoms with Crippen LogP contribution in [0.15, 0.2) is 0 Å². The minimum absolute atomic E-state index is 3.13. The van der Waals surface area contributed by atoms with Crippen LogP contribution in [0.5, 0.6) is 0 Å². The third-order valence-corrected chi connectivity index (χ3v) is 5.42. The fourth-order valence-corrected chi connectivity index (χ4v) is 2.77. The summed E-state index contributed by atoms with van der Waals surface area (Å²) in [5.41, 5.74) is 0. The van der Waals surface area contributed by atoms with E-state index in [4.69, 9.17) is 22.2 Å². The van der Waals surface area contributed by atoms with Crippen molar-refractivity contribution in [1.29, 1.82) is 0 Å². The molecule has 0 amide bonds. The third-order valence-electron chi connectivity index (χ3n) is 3.15. The van der Waals surface area contributed by atoms with E-state index < -0.39 is 68.8 Å². The second-order valence-electron chi connectivity index (χ2n) is 5.45. The molecular formula is C10H6Cl2F16O2Si. The van der Waals surface area contributed by atoms with Gasteiger partial charge in [-0.2, -0.15) is 52.7 Å². The minimum atomic E-state index is -6.86. The summed E-state index contributed by atoms with van der Waals surface area (Å²) in [5.74, 6) is -39.5. The van der Waals surface area contributed by atoms with Gasteiger partial charge in [-0.25, -0.2) is 17.6 Å². The molecule has 0 aromatic rings. The van der Waals surface area contributed by atoms with Crippen molar-refractivity contribution >= 4 is 29.3 Å². The number of rotatable bonds is 12. The molecule has 0 heterocycles. The monoisotopic (exact) mass is 560 g/mol. The van der Waals surface area contributed by atoms with Gasteiger partial charge >= 0.3 is 55.6 Å². The zero-order chi connectivity index (χ0) is 25.5. The van der Waals surface area contributed by atoms with Gasteiger partial charge in [-0.15, -0.1) is 0 Å². The van der Waals surface area contributed by atoms with Gasteiger partial charge in [0.2, 0.25) is 0 Å². The standard InChI is InChI=1S/C10H6Cl2F16O2Si/c11-31(12,29-1-5(17,18)9(25,26)7(21,22)3(13)14)30-2-6(19,20)10(27,28)8(23,24)4(15)16/h3-4H,1-2H2. The smallest absolute Gasteiger partial charge is 0.365 e. The van der Waals surface area contributed by atoms with Crippen LogP contribution in [-0.2, 0) is 8.85 Å². The molecule has 0 aromatic heterocycles. The Morgan fingerprint density at radius 3 is 0.968 bits per heavy atom. The predicted molar refractivity (Wildman–Crippen MR) is 71.1 cm³/mol. The van der Waals surface area contributed by atoms with Crippen LogP contribution in [0.25, 0.3) is 0 Å². The molecule has 0 unspecified atom stereocenters. The first kappa shape index (κ1) is 30.6. The number of hydrogen-bond donors (Lipinski definition) is 0. The van der Waals surface area contributed by atoms with Gasteiger partial charge in [-0.05, 0) is 0 Å². The summed E-state index contributed by atoms with van der Waals surface area (Å²) in [7, 11) is -5.80. The molecule has 0 fully saturated rings. The molecule has 0 saturated heterocycles. The van der Waals surface area contributed by atoms with Gasteiger partial charge in [0.05, 0.1) is 0 Å². The number of alkyl halides is 16. The number of hydrogen-bond acceptors (Lipinski definition) is 2. The lowest BCUT2D eigenvalue weighted by molar-refractivity contribution is -0.345. The van der Waals surface area contributed by atoms with Gasteiger partial charge in [0.15, 0.2) is 0 Å². The second kappa shape index (κ2) is 9.09. The molecule has 0 aliphatic heterocycles. The molecule has 188 valence electrons. The first-order chi connectivity index (χ1) is 13.3. The topological polar surface area (TPSA) is 18.5 Å². The highest BCUT2D eigenvalue weighted by atomic mass is 35.7. The van der Waals surface area contributed by atoms with Crippen molar-refractivity contribution in [2.45, 2.75) is 48.4 Å². The Kier molecular flexibility index (Phi) is 8.97. The molecule has 21 heteroatoms. The average Bonchev–Trinajstić information content (AvgIpc) is 2.57. The summed E-state index contributed by atoms with van der Waals surface area (Å²) in [6.45, 7) is -6.26. The van der Waals surface area contributed by atoms with Crippen molar-refractivity contribution in [1.82, 2.24) is 0 Å². The number of halogens is 18. The van der Waals surface area contributed by atoms with Crippen LogP contribution < -0.4 is 0 Å². The summed E-state index contributed by atoms with van der Waals surface area (Å²) in [5, 5.41) is 0. The van der Waals surface area contributed by atoms with E-state index in [0.717, 1.165) is 0 Å². The molecule has 0 aromatic carbocycles. The van der Waals surface area contributed by atoms with Gasteiger partial charge in [0, 0.05) is 0 Å². The van der Waals surface area contributed by atoms with E-state index in [2.05, 4.69) is 8.85 Å². The molecule has 0 aliphatic carbocycles. The van der Waals surface area contributed by atoms with Crippen molar-refractivity contribution in [3.8, 4) is 0 Å². The maximum atomic E-state index is 13.2. The molecule has 0 radical (unpaired) electrons. The average molecular weight is 561 g/mol. The van der Waals surface area contributed by atoms with E-state index in [0.29, 0.717) is 0 Å². The van der Waals surface area contributed by atoms with Gasteiger partial charge in [-0.3, -0.25) is 0 Å². The van der Waals surface area contributed by atoms with Crippen LogP contribution in [0.2, 0.25) is 0 Å². The lowest BCUT2D eigenvalue weighted by Gasteiger charge is -2.34. The highest BCUT2D eigenvalue weighted by Gasteiger charge is 2.77. The van der Waals surface area contributed by atoms with Gasteiger partial charge in [0.25, 0.3) is 0 Å². The molecule has 31 heavy (non-hydrogen) atoms. The van der Waals surface area contributed by atoms with Crippen LogP contribution in [0.4, 0.5) is 70.2 Å². The lowest BCUT2D eigenvalue weighted by Crippen LogP contribution is -2.61. The van der Waals surface area contributed by atoms with Crippen molar-refractivity contribution in [3.63, 3.8) is 0 Å². The Labute approximate surface area is 171 Å². The van der Waals surface area contributed by atoms with Crippen LogP contribution in [0, 0.1) is 0 Å². The van der Waals surface area contributed by atoms with E-state index in [1.165, 1.54) is 0 Å². The zero-order valence-electron chi connectivity index (χ0n) is 13.7. The van der Waals surface area contributed by atoms with Crippen molar-refractivity contribution < 1.29 is 79.1 Å². The van der Waals surface area contributed by atoms with Crippen LogP contribution in [0.1, 0.15) is 0 Å². The van der Waals surface area contributed by atoms with E-state index >= 15 is 0 Å². The molecule has 0 saturated carbocycles. The summed E-state index contributed by atoms with van der Waals surface area (Å²) in [6, 6.07) is 0. The van der Waals surface area contributed by atoms with Crippen molar-refractivity contribution in [3.05, 3.63) is 0 Å². The lowest BCUT2D eigenvalue weighted by atomic mass is 10.1. The molecule has 0 bridgehead atoms. The maximum absolute atomic E-state index is 13.2. The van der Waals surface area contributed by atoms with E-state index in [1.54, 1.807) is 0 Å². The first-order valence-corrected chi connectivity index (χ1v) is 10.6. The van der Waals surface area contributed by atoms with Crippen LogP contribution in [0.3, 0.4) is 0 Å². The Hall–Kier alpha value is -0.403. The quantitative estimate of drug-likeness (QED) is 0.159. The Bertz CT molecular complexity index is 563. The molecule has 0 atom stereocenters. The molecular weight excluding hydrogens is 555 g/mol. The fraction of sp³-hybridized carbons (Fsp3) is 1.00. The Morgan fingerprint density at radius 2 is 0.774 bits per heavy atom. The summed E-state index contributed by atoms with van der Waals surface area (Å²) >= 11 is 9.67.